The van der Waals surface area contributed by atoms with Crippen molar-refractivity contribution in [3.05, 3.63) is 27.5 Å². The van der Waals surface area contributed by atoms with Gasteiger partial charge in [-0.25, -0.2) is 4.79 Å². The quantitative estimate of drug-likeness (QED) is 0.837. The van der Waals surface area contributed by atoms with E-state index in [0.717, 1.165) is 26.4 Å². The molecule has 0 unspecified atom stereocenters. The van der Waals surface area contributed by atoms with Crippen LogP contribution in [0.2, 0.25) is 0 Å². The van der Waals surface area contributed by atoms with E-state index in [1.54, 1.807) is 0 Å². The third kappa shape index (κ3) is 2.78. The van der Waals surface area contributed by atoms with Crippen LogP contribution in [0.5, 0.6) is 0 Å². The maximum Gasteiger partial charge on any atom is 0.421 e. The van der Waals surface area contributed by atoms with Gasteiger partial charge in [-0.3, -0.25) is 4.79 Å². The molecule has 0 aliphatic heterocycles. The summed E-state index contributed by atoms with van der Waals surface area (Å²) in [6.07, 6.45) is -2.16. The monoisotopic (exact) mass is 290 g/mol. The smallest absolute Gasteiger partial charge is 0.421 e. The Morgan fingerprint density at radius 3 is 2.55 bits per heavy atom. The molecule has 2 N–H and O–H groups in total. The Morgan fingerprint density at radius 2 is 2.10 bits per heavy atom. The summed E-state index contributed by atoms with van der Waals surface area (Å²) >= 11 is 0. The van der Waals surface area contributed by atoms with Crippen LogP contribution in [0.1, 0.15) is 35.2 Å². The molecule has 1 aromatic heterocycles. The summed E-state index contributed by atoms with van der Waals surface area (Å²) in [6, 6.07) is 0.567. The first-order chi connectivity index (χ1) is 9.32. The number of rotatable bonds is 3. The number of hydrogen-bond acceptors (Lipinski definition) is 4. The average molecular weight is 290 g/mol. The molecular weight excluding hydrogens is 277 g/mol. The molecule has 0 saturated heterocycles. The zero-order chi connectivity index (χ0) is 14.9. The summed E-state index contributed by atoms with van der Waals surface area (Å²) < 4.78 is 42.5. The number of H-pyrrole nitrogens is 1. The zero-order valence-corrected chi connectivity index (χ0v) is 10.6. The zero-order valence-electron chi connectivity index (χ0n) is 10.6. The fraction of sp³-hybridized carbons (Fsp3) is 0.500. The third-order valence-electron chi connectivity index (χ3n) is 3.21. The normalized spacial score (nSPS) is 15.6. The molecule has 110 valence electrons. The van der Waals surface area contributed by atoms with Crippen molar-refractivity contribution in [3.8, 4) is 0 Å². The van der Waals surface area contributed by atoms with Gasteiger partial charge in [0.25, 0.3) is 5.56 Å². The van der Waals surface area contributed by atoms with Gasteiger partial charge in [-0.2, -0.15) is 13.2 Å². The summed E-state index contributed by atoms with van der Waals surface area (Å²) in [5.74, 6) is -0.965. The molecule has 1 aliphatic carbocycles. The largest absolute Gasteiger partial charge is 0.465 e. The average Bonchev–Trinajstić information content (AvgIpc) is 2.31. The number of pyridine rings is 1. The van der Waals surface area contributed by atoms with E-state index in [4.69, 9.17) is 0 Å². The number of esters is 1. The van der Waals surface area contributed by atoms with Gasteiger partial charge in [-0.15, -0.1) is 0 Å². The SMILES string of the molecule is COC(=O)c1cc(C(F)(F)F)c(=O)[nH]c1NC1CCC1. The predicted octanol–water partition coefficient (Wildman–Crippen LogP) is 2.14. The van der Waals surface area contributed by atoms with Crippen LogP contribution in [-0.4, -0.2) is 24.1 Å². The van der Waals surface area contributed by atoms with E-state index in [2.05, 4.69) is 15.0 Å². The minimum Gasteiger partial charge on any atom is -0.465 e. The van der Waals surface area contributed by atoms with E-state index in [-0.39, 0.29) is 17.4 Å². The van der Waals surface area contributed by atoms with Crippen LogP contribution in [0.4, 0.5) is 19.0 Å². The molecule has 0 aromatic carbocycles. The molecule has 0 spiro atoms. The Morgan fingerprint density at radius 1 is 1.45 bits per heavy atom. The van der Waals surface area contributed by atoms with Gasteiger partial charge in [-0.1, -0.05) is 0 Å². The first-order valence-electron chi connectivity index (χ1n) is 6.02. The van der Waals surface area contributed by atoms with Gasteiger partial charge in [0.1, 0.15) is 16.9 Å². The molecule has 1 saturated carbocycles. The van der Waals surface area contributed by atoms with Crippen molar-refractivity contribution in [1.82, 2.24) is 4.98 Å². The number of carbonyl (C=O) groups excluding carboxylic acids is 1. The second kappa shape index (κ2) is 5.18. The van der Waals surface area contributed by atoms with Crippen LogP contribution >= 0.6 is 0 Å². The summed E-state index contributed by atoms with van der Waals surface area (Å²) in [5.41, 5.74) is -3.03. The number of carbonyl (C=O) groups is 1. The van der Waals surface area contributed by atoms with E-state index in [1.165, 1.54) is 0 Å². The lowest BCUT2D eigenvalue weighted by molar-refractivity contribution is -0.138. The van der Waals surface area contributed by atoms with Gasteiger partial charge in [0.15, 0.2) is 0 Å². The highest BCUT2D eigenvalue weighted by Gasteiger charge is 2.36. The van der Waals surface area contributed by atoms with E-state index in [9.17, 15) is 22.8 Å². The third-order valence-corrected chi connectivity index (χ3v) is 3.21. The highest BCUT2D eigenvalue weighted by atomic mass is 19.4. The Kier molecular flexibility index (Phi) is 3.74. The van der Waals surface area contributed by atoms with Crippen molar-refractivity contribution in [3.63, 3.8) is 0 Å². The maximum atomic E-state index is 12.7. The summed E-state index contributed by atoms with van der Waals surface area (Å²) in [5, 5.41) is 2.86. The molecule has 20 heavy (non-hydrogen) atoms. The number of aromatic nitrogens is 1. The van der Waals surface area contributed by atoms with Crippen LogP contribution in [0.15, 0.2) is 10.9 Å². The number of ether oxygens (including phenoxy) is 1. The van der Waals surface area contributed by atoms with E-state index in [1.807, 2.05) is 0 Å². The molecule has 8 heteroatoms. The number of hydrogen-bond donors (Lipinski definition) is 2. The Balaban J connectivity index is 2.46. The first-order valence-corrected chi connectivity index (χ1v) is 6.02. The van der Waals surface area contributed by atoms with E-state index in [0.29, 0.717) is 6.07 Å². The molecule has 2 rings (SSSR count). The van der Waals surface area contributed by atoms with Gasteiger partial charge >= 0.3 is 12.1 Å². The number of alkyl halides is 3. The van der Waals surface area contributed by atoms with E-state index >= 15 is 0 Å². The fourth-order valence-electron chi connectivity index (χ4n) is 1.88. The topological polar surface area (TPSA) is 71.2 Å². The number of methoxy groups -OCH3 is 1. The molecule has 1 heterocycles. The molecular formula is C12H13F3N2O3. The standard InChI is InChI=1S/C12H13F3N2O3/c1-20-11(19)7-5-8(12(13,14)15)10(18)17-9(7)16-6-3-2-4-6/h5-6H,2-4H2,1H3,(H2,16,17,18). The van der Waals surface area contributed by atoms with Crippen molar-refractivity contribution < 1.29 is 22.7 Å². The summed E-state index contributed by atoms with van der Waals surface area (Å²) in [4.78, 5) is 25.1. The molecule has 0 bridgehead atoms. The van der Waals surface area contributed by atoms with Gasteiger partial charge in [-0.05, 0) is 25.3 Å². The lowest BCUT2D eigenvalue weighted by atomic mass is 9.93. The van der Waals surface area contributed by atoms with Crippen LogP contribution in [-0.2, 0) is 10.9 Å². The van der Waals surface area contributed by atoms with E-state index < -0.39 is 23.3 Å². The van der Waals surface area contributed by atoms with Crippen LogP contribution in [0.3, 0.4) is 0 Å². The number of halogens is 3. The highest BCUT2D eigenvalue weighted by molar-refractivity contribution is 5.94. The number of nitrogens with one attached hydrogen (secondary N) is 2. The second-order valence-corrected chi connectivity index (χ2v) is 4.56. The minimum absolute atomic E-state index is 0.0282. The Hall–Kier alpha value is -1.99. The minimum atomic E-state index is -4.83. The Bertz CT molecular complexity index is 576. The van der Waals surface area contributed by atoms with Crippen molar-refractivity contribution in [2.24, 2.45) is 0 Å². The highest BCUT2D eigenvalue weighted by Crippen LogP contribution is 2.29. The molecule has 1 fully saturated rings. The van der Waals surface area contributed by atoms with Crippen molar-refractivity contribution in [2.75, 3.05) is 12.4 Å². The first kappa shape index (κ1) is 14.4. The van der Waals surface area contributed by atoms with Crippen molar-refractivity contribution in [1.29, 1.82) is 0 Å². The number of aromatic amines is 1. The molecule has 1 aromatic rings. The van der Waals surface area contributed by atoms with Crippen molar-refractivity contribution >= 4 is 11.8 Å². The lowest BCUT2D eigenvalue weighted by Crippen LogP contribution is -2.31. The number of anilines is 1. The molecule has 5 nitrogen and oxygen atoms in total. The maximum absolute atomic E-state index is 12.7. The van der Waals surface area contributed by atoms with Gasteiger partial charge in [0, 0.05) is 6.04 Å². The van der Waals surface area contributed by atoms with Gasteiger partial charge in [0.2, 0.25) is 0 Å². The predicted molar refractivity (Wildman–Crippen MR) is 64.7 cm³/mol. The molecule has 0 amide bonds. The summed E-state index contributed by atoms with van der Waals surface area (Å²) in [7, 11) is 1.06. The fourth-order valence-corrected chi connectivity index (χ4v) is 1.88. The van der Waals surface area contributed by atoms with Crippen LogP contribution in [0, 0.1) is 0 Å². The summed E-state index contributed by atoms with van der Waals surface area (Å²) in [6.45, 7) is 0. The Labute approximate surface area is 112 Å². The molecule has 0 radical (unpaired) electrons. The van der Waals surface area contributed by atoms with Gasteiger partial charge < -0.3 is 15.0 Å². The van der Waals surface area contributed by atoms with Crippen LogP contribution in [0.25, 0.3) is 0 Å². The van der Waals surface area contributed by atoms with Crippen LogP contribution < -0.4 is 10.9 Å². The van der Waals surface area contributed by atoms with Gasteiger partial charge in [0.05, 0.1) is 7.11 Å². The van der Waals surface area contributed by atoms with Crippen molar-refractivity contribution in [2.45, 2.75) is 31.5 Å². The molecule has 1 aliphatic rings. The second-order valence-electron chi connectivity index (χ2n) is 4.56. The molecule has 0 atom stereocenters. The lowest BCUT2D eigenvalue weighted by Gasteiger charge is -2.28.